The zero-order valence-electron chi connectivity index (χ0n) is 12.1. The van der Waals surface area contributed by atoms with Gasteiger partial charge in [-0.2, -0.15) is 0 Å². The number of phenols is 1. The summed E-state index contributed by atoms with van der Waals surface area (Å²) in [6.07, 6.45) is 3.36. The Hall–Kier alpha value is -2.26. The van der Waals surface area contributed by atoms with Gasteiger partial charge in [0.05, 0.1) is 17.2 Å². The highest BCUT2D eigenvalue weighted by Crippen LogP contribution is 2.24. The van der Waals surface area contributed by atoms with Crippen molar-refractivity contribution in [3.05, 3.63) is 70.8 Å². The van der Waals surface area contributed by atoms with Crippen molar-refractivity contribution in [1.82, 2.24) is 0 Å². The van der Waals surface area contributed by atoms with E-state index in [0.29, 0.717) is 12.2 Å². The van der Waals surface area contributed by atoms with E-state index in [9.17, 15) is 9.90 Å². The van der Waals surface area contributed by atoms with Crippen molar-refractivity contribution in [1.29, 1.82) is 0 Å². The molecule has 4 heteroatoms. The first-order valence-electron chi connectivity index (χ1n) is 6.98. The highest BCUT2D eigenvalue weighted by Gasteiger charge is 2.09. The average molecular weight is 317 g/mol. The Labute approximate surface area is 134 Å². The predicted molar refractivity (Wildman–Crippen MR) is 88.3 cm³/mol. The number of hydrogen-bond acceptors (Lipinski definition) is 3. The van der Waals surface area contributed by atoms with Crippen LogP contribution < -0.4 is 0 Å². The van der Waals surface area contributed by atoms with Crippen molar-refractivity contribution in [2.45, 2.75) is 12.8 Å². The van der Waals surface area contributed by atoms with Gasteiger partial charge in [-0.3, -0.25) is 0 Å². The van der Waals surface area contributed by atoms with Crippen molar-refractivity contribution in [3.8, 4) is 5.75 Å². The van der Waals surface area contributed by atoms with Crippen LogP contribution in [0, 0.1) is 0 Å². The number of phenolic OH excluding ortho intramolecular Hbond substituents is 1. The molecule has 0 saturated heterocycles. The van der Waals surface area contributed by atoms with Gasteiger partial charge in [0.1, 0.15) is 5.75 Å². The number of ether oxygens (including phenoxy) is 1. The van der Waals surface area contributed by atoms with Crippen LogP contribution in [0.15, 0.2) is 49.0 Å². The molecule has 0 saturated carbocycles. The van der Waals surface area contributed by atoms with Crippen LogP contribution in [0.4, 0.5) is 0 Å². The molecular weight excluding hydrogens is 300 g/mol. The van der Waals surface area contributed by atoms with Gasteiger partial charge in [0, 0.05) is 0 Å². The highest BCUT2D eigenvalue weighted by molar-refractivity contribution is 6.32. The van der Waals surface area contributed by atoms with Crippen LogP contribution in [0.1, 0.15) is 27.9 Å². The fourth-order valence-electron chi connectivity index (χ4n) is 2.11. The third kappa shape index (κ3) is 4.12. The Bertz CT molecular complexity index is 680. The lowest BCUT2D eigenvalue weighted by molar-refractivity contribution is 0.0500. The summed E-state index contributed by atoms with van der Waals surface area (Å²) >= 11 is 5.77. The molecule has 1 N–H and O–H groups in total. The number of benzene rings is 2. The van der Waals surface area contributed by atoms with Crippen molar-refractivity contribution in [2.75, 3.05) is 6.61 Å². The van der Waals surface area contributed by atoms with Crippen molar-refractivity contribution >= 4 is 23.6 Å². The molecule has 0 heterocycles. The minimum Gasteiger partial charge on any atom is -0.506 e. The summed E-state index contributed by atoms with van der Waals surface area (Å²) in [6, 6.07) is 12.2. The molecule has 2 aromatic rings. The first-order valence-corrected chi connectivity index (χ1v) is 7.35. The lowest BCUT2D eigenvalue weighted by atomic mass is 10.0. The number of rotatable bonds is 6. The Balaban J connectivity index is 1.84. The van der Waals surface area contributed by atoms with E-state index in [1.165, 1.54) is 23.8 Å². The standard InChI is InChI=1S/C18H17ClO3/c1-2-13-6-3-4-7-14(13)8-5-11-22-18(21)15-9-10-17(20)16(19)12-15/h2-4,6-7,9-10,12,20H,1,5,8,11H2. The van der Waals surface area contributed by atoms with Gasteiger partial charge in [0.2, 0.25) is 0 Å². The first kappa shape index (κ1) is 16.1. The molecular formula is C18H17ClO3. The van der Waals surface area contributed by atoms with E-state index in [1.54, 1.807) is 0 Å². The maximum atomic E-state index is 11.9. The number of carbonyl (C=O) groups excluding carboxylic acids is 1. The van der Waals surface area contributed by atoms with Gasteiger partial charge in [0.25, 0.3) is 0 Å². The molecule has 2 aromatic carbocycles. The summed E-state index contributed by atoms with van der Waals surface area (Å²) in [6.45, 7) is 4.11. The molecule has 0 aliphatic heterocycles. The fraction of sp³-hybridized carbons (Fsp3) is 0.167. The van der Waals surface area contributed by atoms with Crippen LogP contribution in [0.5, 0.6) is 5.75 Å². The Kier molecular flexibility index (Phi) is 5.61. The van der Waals surface area contributed by atoms with Crippen LogP contribution in [0.2, 0.25) is 5.02 Å². The van der Waals surface area contributed by atoms with Crippen molar-refractivity contribution in [3.63, 3.8) is 0 Å². The average Bonchev–Trinajstić information content (AvgIpc) is 2.54. The van der Waals surface area contributed by atoms with Crippen molar-refractivity contribution in [2.24, 2.45) is 0 Å². The quantitative estimate of drug-likeness (QED) is 0.631. The van der Waals surface area contributed by atoms with Gasteiger partial charge in [-0.1, -0.05) is 48.5 Å². The summed E-state index contributed by atoms with van der Waals surface area (Å²) in [7, 11) is 0. The zero-order chi connectivity index (χ0) is 15.9. The molecule has 0 spiro atoms. The molecule has 0 aliphatic carbocycles. The molecule has 3 nitrogen and oxygen atoms in total. The first-order chi connectivity index (χ1) is 10.6. The Morgan fingerprint density at radius 2 is 2.05 bits per heavy atom. The largest absolute Gasteiger partial charge is 0.506 e. The summed E-state index contributed by atoms with van der Waals surface area (Å²) in [5.41, 5.74) is 2.61. The highest BCUT2D eigenvalue weighted by atomic mass is 35.5. The minimum atomic E-state index is -0.445. The molecule has 0 aliphatic rings. The number of hydrogen-bond donors (Lipinski definition) is 1. The number of aryl methyl sites for hydroxylation is 1. The van der Waals surface area contributed by atoms with E-state index >= 15 is 0 Å². The van der Waals surface area contributed by atoms with Gasteiger partial charge in [-0.15, -0.1) is 0 Å². The molecule has 0 radical (unpaired) electrons. The molecule has 2 rings (SSSR count). The molecule has 0 bridgehead atoms. The smallest absolute Gasteiger partial charge is 0.338 e. The molecule has 114 valence electrons. The van der Waals surface area contributed by atoms with E-state index < -0.39 is 5.97 Å². The van der Waals surface area contributed by atoms with E-state index in [2.05, 4.69) is 6.58 Å². The van der Waals surface area contributed by atoms with E-state index in [4.69, 9.17) is 16.3 Å². The number of carbonyl (C=O) groups is 1. The number of halogens is 1. The monoisotopic (exact) mass is 316 g/mol. The maximum Gasteiger partial charge on any atom is 0.338 e. The van der Waals surface area contributed by atoms with Crippen LogP contribution in [0.25, 0.3) is 6.08 Å². The van der Waals surface area contributed by atoms with Crippen molar-refractivity contribution < 1.29 is 14.6 Å². The van der Waals surface area contributed by atoms with Crippen LogP contribution in [-0.4, -0.2) is 17.7 Å². The second kappa shape index (κ2) is 7.66. The van der Waals surface area contributed by atoms with Gasteiger partial charge >= 0.3 is 5.97 Å². The second-order valence-corrected chi connectivity index (χ2v) is 5.22. The van der Waals surface area contributed by atoms with Gasteiger partial charge < -0.3 is 9.84 Å². The van der Waals surface area contributed by atoms with Gasteiger partial charge in [-0.05, 0) is 42.2 Å². The third-order valence-corrected chi connectivity index (χ3v) is 3.58. The minimum absolute atomic E-state index is 0.0563. The van der Waals surface area contributed by atoms with E-state index in [-0.39, 0.29) is 10.8 Å². The molecule has 0 atom stereocenters. The summed E-state index contributed by atoms with van der Waals surface area (Å²) in [5, 5.41) is 9.46. The van der Waals surface area contributed by atoms with Crippen LogP contribution in [0.3, 0.4) is 0 Å². The van der Waals surface area contributed by atoms with Crippen LogP contribution in [-0.2, 0) is 11.2 Å². The fourth-order valence-corrected chi connectivity index (χ4v) is 2.29. The number of esters is 1. The zero-order valence-corrected chi connectivity index (χ0v) is 12.8. The topological polar surface area (TPSA) is 46.5 Å². The Morgan fingerprint density at radius 3 is 2.77 bits per heavy atom. The van der Waals surface area contributed by atoms with Gasteiger partial charge in [-0.25, -0.2) is 4.79 Å². The second-order valence-electron chi connectivity index (χ2n) is 4.81. The maximum absolute atomic E-state index is 11.9. The Morgan fingerprint density at radius 1 is 1.27 bits per heavy atom. The lowest BCUT2D eigenvalue weighted by Crippen LogP contribution is -2.07. The number of aromatic hydroxyl groups is 1. The summed E-state index contributed by atoms with van der Waals surface area (Å²) in [5.74, 6) is -0.502. The van der Waals surface area contributed by atoms with E-state index in [1.807, 2.05) is 30.3 Å². The molecule has 0 aromatic heterocycles. The summed E-state index contributed by atoms with van der Waals surface area (Å²) in [4.78, 5) is 11.9. The molecule has 0 amide bonds. The predicted octanol–water partition coefficient (Wildman–Crippen LogP) is 4.48. The molecule has 22 heavy (non-hydrogen) atoms. The van der Waals surface area contributed by atoms with Crippen LogP contribution >= 0.6 is 11.6 Å². The third-order valence-electron chi connectivity index (χ3n) is 3.28. The summed E-state index contributed by atoms with van der Waals surface area (Å²) < 4.78 is 5.21. The molecule has 0 unspecified atom stereocenters. The van der Waals surface area contributed by atoms with E-state index in [0.717, 1.165) is 18.4 Å². The van der Waals surface area contributed by atoms with Gasteiger partial charge in [0.15, 0.2) is 0 Å². The lowest BCUT2D eigenvalue weighted by Gasteiger charge is -2.07. The normalized spacial score (nSPS) is 10.2. The SMILES string of the molecule is C=Cc1ccccc1CCCOC(=O)c1ccc(O)c(Cl)c1. The molecule has 0 fully saturated rings.